The van der Waals surface area contributed by atoms with E-state index in [2.05, 4.69) is 26.6 Å². The number of unbranched alkanes of at least 4 members (excludes halogenated alkanes) is 1. The van der Waals surface area contributed by atoms with E-state index in [4.69, 9.17) is 17.2 Å². The van der Waals surface area contributed by atoms with Gasteiger partial charge in [0.15, 0.2) is 0 Å². The Labute approximate surface area is 329 Å². The topological polar surface area (TPSA) is 356 Å². The normalized spacial score (nSPS) is 17.5. The van der Waals surface area contributed by atoms with Gasteiger partial charge in [0.05, 0.1) is 19.1 Å². The Bertz CT molecular complexity index is 1390. The number of aliphatic hydroxyl groups is 1. The predicted octanol–water partition coefficient (Wildman–Crippen LogP) is -3.53. The minimum Gasteiger partial charge on any atom is -0.481 e. The van der Waals surface area contributed by atoms with E-state index in [1.54, 1.807) is 0 Å². The fraction of sp³-hybridized carbons (Fsp3) is 0.735. The second kappa shape index (κ2) is 25.6. The third kappa shape index (κ3) is 16.7. The first kappa shape index (κ1) is 49.5. The van der Waals surface area contributed by atoms with Gasteiger partial charge < -0.3 is 64.0 Å². The molecule has 0 unspecified atom stereocenters. The number of amides is 7. The number of primary amides is 1. The van der Waals surface area contributed by atoms with E-state index in [1.807, 2.05) is 20.1 Å². The second-order valence-electron chi connectivity index (χ2n) is 13.6. The molecule has 0 radical (unpaired) electrons. The number of thioether (sulfide) groups is 1. The van der Waals surface area contributed by atoms with E-state index in [9.17, 15) is 58.5 Å². The number of carboxylic acid groups (broad SMARTS) is 2. The Kier molecular flexibility index (Phi) is 22.6. The first-order chi connectivity index (χ1) is 26.4. The number of hydrogen-bond acceptors (Lipinski definition) is 13. The highest BCUT2D eigenvalue weighted by Gasteiger charge is 2.40. The largest absolute Gasteiger partial charge is 0.481 e. The molecule has 22 heteroatoms. The number of carbonyl (C=O) groups excluding carboxylic acids is 7. The smallest absolute Gasteiger partial charge is 0.328 e. The van der Waals surface area contributed by atoms with Crippen LogP contribution < -0.4 is 43.8 Å². The van der Waals surface area contributed by atoms with Gasteiger partial charge in [-0.15, -0.1) is 0 Å². The van der Waals surface area contributed by atoms with Gasteiger partial charge in [-0.1, -0.05) is 20.3 Å². The molecule has 56 heavy (non-hydrogen) atoms. The molecule has 1 heterocycles. The third-order valence-corrected chi connectivity index (χ3v) is 9.97. The molecule has 0 aliphatic carbocycles. The number of aliphatic carboxylic acids is 2. The minimum absolute atomic E-state index is 0.0688. The second-order valence-corrected chi connectivity index (χ2v) is 14.6. The number of nitrogens with one attached hydrogen (secondary N) is 5. The number of carboxylic acids is 2. The lowest BCUT2D eigenvalue weighted by Gasteiger charge is -2.31. The highest BCUT2D eigenvalue weighted by atomic mass is 32.2. The van der Waals surface area contributed by atoms with Crippen molar-refractivity contribution in [3.63, 3.8) is 0 Å². The first-order valence-corrected chi connectivity index (χ1v) is 19.9. The lowest BCUT2D eigenvalue weighted by molar-refractivity contribution is -0.144. The van der Waals surface area contributed by atoms with Crippen LogP contribution in [0.25, 0.3) is 0 Å². The minimum atomic E-state index is -1.84. The summed E-state index contributed by atoms with van der Waals surface area (Å²) < 4.78 is 0. The monoisotopic (exact) mass is 817 g/mol. The van der Waals surface area contributed by atoms with Gasteiger partial charge in [-0.3, -0.25) is 38.4 Å². The molecule has 1 saturated heterocycles. The number of nitrogens with zero attached hydrogens (tertiary/aromatic N) is 1. The van der Waals surface area contributed by atoms with Crippen molar-refractivity contribution in [1.82, 2.24) is 31.5 Å². The molecule has 0 spiro atoms. The summed E-state index contributed by atoms with van der Waals surface area (Å²) in [5.41, 5.74) is 16.9. The summed E-state index contributed by atoms with van der Waals surface area (Å²) in [5, 5.41) is 40.0. The van der Waals surface area contributed by atoms with Crippen molar-refractivity contribution in [3.05, 3.63) is 0 Å². The maximum Gasteiger partial charge on any atom is 0.328 e. The van der Waals surface area contributed by atoms with Crippen LogP contribution in [-0.4, -0.2) is 148 Å². The maximum absolute atomic E-state index is 13.8. The van der Waals surface area contributed by atoms with E-state index in [0.29, 0.717) is 25.0 Å². The summed E-state index contributed by atoms with van der Waals surface area (Å²) in [5.74, 6) is -8.67. The maximum atomic E-state index is 13.8. The van der Waals surface area contributed by atoms with Crippen LogP contribution in [-0.2, 0) is 43.2 Å². The average Bonchev–Trinajstić information content (AvgIpc) is 3.65. The molecule has 0 bridgehead atoms. The molecule has 0 saturated carbocycles. The van der Waals surface area contributed by atoms with Gasteiger partial charge >= 0.3 is 11.9 Å². The van der Waals surface area contributed by atoms with Crippen LogP contribution in [0.3, 0.4) is 0 Å². The zero-order chi connectivity index (χ0) is 42.5. The third-order valence-electron chi connectivity index (χ3n) is 9.32. The van der Waals surface area contributed by atoms with Crippen molar-refractivity contribution < 1.29 is 58.5 Å². The van der Waals surface area contributed by atoms with E-state index < -0.39 is 115 Å². The quantitative estimate of drug-likeness (QED) is 0.0358. The van der Waals surface area contributed by atoms with Gasteiger partial charge in [0.1, 0.15) is 36.3 Å². The Balaban J connectivity index is 3.30. The molecular formula is C34H59N9O12S. The summed E-state index contributed by atoms with van der Waals surface area (Å²) in [4.78, 5) is 117. The van der Waals surface area contributed by atoms with E-state index in [-0.39, 0.29) is 51.1 Å². The number of nitrogens with two attached hydrogens (primary N) is 3. The molecule has 0 aromatic carbocycles. The van der Waals surface area contributed by atoms with Crippen molar-refractivity contribution in [1.29, 1.82) is 0 Å². The van der Waals surface area contributed by atoms with Gasteiger partial charge in [-0.2, -0.15) is 11.8 Å². The van der Waals surface area contributed by atoms with Crippen LogP contribution in [0.1, 0.15) is 78.1 Å². The Morgan fingerprint density at radius 3 is 1.91 bits per heavy atom. The standard InChI is InChI=1S/C34H59N9O12S/c1-4-18(2)27(37)32(52)40-21(12-15-56-3)33(53)43-14-7-9-24(43)31(51)39-20(10-11-25(36)45)29(49)41-22(16-26(46)47)30(50)38-19(8-5-6-13-35)28(48)42-23(17-44)34(54)55/h18-24,27,44H,4-17,35,37H2,1-3H3,(H2,36,45)(H,38,50)(H,39,51)(H,40,52)(H,41,49)(H,42,48)(H,46,47)(H,54,55)/t18-,19-,20-,21-,22-,23-,24-,27-/m0/s1. The summed E-state index contributed by atoms with van der Waals surface area (Å²) >= 11 is 1.45. The van der Waals surface area contributed by atoms with Gasteiger partial charge in [0, 0.05) is 13.0 Å². The van der Waals surface area contributed by atoms with Crippen LogP contribution in [0, 0.1) is 5.92 Å². The van der Waals surface area contributed by atoms with Gasteiger partial charge in [0.25, 0.3) is 0 Å². The van der Waals surface area contributed by atoms with Gasteiger partial charge in [-0.25, -0.2) is 4.79 Å². The molecule has 318 valence electrons. The molecule has 21 nitrogen and oxygen atoms in total. The number of hydrogen-bond donors (Lipinski definition) is 11. The number of likely N-dealkylation sites (tertiary alicyclic amines) is 1. The molecular weight excluding hydrogens is 758 g/mol. The number of aliphatic hydroxyl groups excluding tert-OH is 1. The van der Waals surface area contributed by atoms with E-state index >= 15 is 0 Å². The summed E-state index contributed by atoms with van der Waals surface area (Å²) in [6.07, 6.45) is 2.13. The fourth-order valence-corrected chi connectivity index (χ4v) is 6.22. The molecule has 8 atom stereocenters. The van der Waals surface area contributed by atoms with Crippen molar-refractivity contribution in [2.45, 2.75) is 120 Å². The molecule has 1 aliphatic heterocycles. The number of carbonyl (C=O) groups is 9. The Morgan fingerprint density at radius 1 is 0.804 bits per heavy atom. The van der Waals surface area contributed by atoms with Crippen molar-refractivity contribution >= 4 is 65.1 Å². The number of rotatable bonds is 27. The van der Waals surface area contributed by atoms with Gasteiger partial charge in [-0.05, 0) is 69.4 Å². The van der Waals surface area contributed by atoms with Crippen LogP contribution in [0.15, 0.2) is 0 Å². The Hall–Kier alpha value is -4.54. The van der Waals surface area contributed by atoms with Crippen molar-refractivity contribution in [2.75, 3.05) is 31.7 Å². The molecule has 14 N–H and O–H groups in total. The molecule has 0 aromatic rings. The molecule has 1 aliphatic rings. The fourth-order valence-electron chi connectivity index (χ4n) is 5.75. The molecule has 1 fully saturated rings. The van der Waals surface area contributed by atoms with Crippen molar-refractivity contribution in [3.8, 4) is 0 Å². The summed E-state index contributed by atoms with van der Waals surface area (Å²) in [6.45, 7) is 3.11. The van der Waals surface area contributed by atoms with Crippen LogP contribution >= 0.6 is 11.8 Å². The van der Waals surface area contributed by atoms with Gasteiger partial charge in [0.2, 0.25) is 41.4 Å². The van der Waals surface area contributed by atoms with Crippen LogP contribution in [0.5, 0.6) is 0 Å². The van der Waals surface area contributed by atoms with Crippen LogP contribution in [0.4, 0.5) is 0 Å². The zero-order valence-electron chi connectivity index (χ0n) is 32.1. The summed E-state index contributed by atoms with van der Waals surface area (Å²) in [6, 6.07) is -9.49. The molecule has 1 rings (SSSR count). The first-order valence-electron chi connectivity index (χ1n) is 18.5. The van der Waals surface area contributed by atoms with Crippen LogP contribution in [0.2, 0.25) is 0 Å². The predicted molar refractivity (Wildman–Crippen MR) is 203 cm³/mol. The van der Waals surface area contributed by atoms with E-state index in [1.165, 1.54) is 16.7 Å². The lowest BCUT2D eigenvalue weighted by atomic mass is 9.99. The SMILES string of the molecule is CC[C@H](C)[C@H](N)C(=O)N[C@@H](CCSC)C(=O)N1CCC[C@H]1C(=O)N[C@@H](CCC(N)=O)C(=O)N[C@@H](CC(=O)O)C(=O)N[C@@H](CCCCN)C(=O)N[C@@H](CO)C(=O)O. The highest BCUT2D eigenvalue weighted by Crippen LogP contribution is 2.21. The molecule has 0 aromatic heterocycles. The van der Waals surface area contributed by atoms with Crippen molar-refractivity contribution in [2.24, 2.45) is 23.1 Å². The summed E-state index contributed by atoms with van der Waals surface area (Å²) in [7, 11) is 0. The molecule has 7 amide bonds. The zero-order valence-corrected chi connectivity index (χ0v) is 32.9. The highest BCUT2D eigenvalue weighted by molar-refractivity contribution is 7.98. The lowest BCUT2D eigenvalue weighted by Crippen LogP contribution is -2.60. The average molecular weight is 818 g/mol. The Morgan fingerprint density at radius 2 is 1.38 bits per heavy atom. The van der Waals surface area contributed by atoms with E-state index in [0.717, 1.165) is 0 Å².